The Hall–Kier alpha value is -2.49. The second-order valence-electron chi connectivity index (χ2n) is 6.66. The minimum Gasteiger partial charge on any atom is -0.481 e. The molecule has 0 aliphatic carbocycles. The fourth-order valence-corrected chi connectivity index (χ4v) is 5.18. The van der Waals surface area contributed by atoms with E-state index in [1.807, 2.05) is 24.3 Å². The lowest BCUT2D eigenvalue weighted by molar-refractivity contribution is -0.137. The van der Waals surface area contributed by atoms with Crippen LogP contribution in [0.15, 0.2) is 57.9 Å². The fraction of sp³-hybridized carbons (Fsp3) is 0.143. The topological polar surface area (TPSA) is 77.9 Å². The van der Waals surface area contributed by atoms with Crippen molar-refractivity contribution in [2.75, 3.05) is 16.3 Å². The molecule has 0 aromatic heterocycles. The zero-order valence-electron chi connectivity index (χ0n) is 15.5. The molecule has 1 N–H and O–H groups in total. The minimum atomic E-state index is -0.915. The van der Waals surface area contributed by atoms with Gasteiger partial charge in [0.05, 0.1) is 21.9 Å². The van der Waals surface area contributed by atoms with Gasteiger partial charge >= 0.3 is 5.97 Å². The van der Waals surface area contributed by atoms with Gasteiger partial charge in [-0.3, -0.25) is 19.3 Å². The average molecular weight is 503 g/mol. The van der Waals surface area contributed by atoms with Crippen LogP contribution in [0.4, 0.5) is 11.4 Å². The van der Waals surface area contributed by atoms with Crippen LogP contribution in [-0.4, -0.2) is 33.8 Å². The number of hydrogen-bond acceptors (Lipinski definition) is 5. The Kier molecular flexibility index (Phi) is 5.77. The van der Waals surface area contributed by atoms with Crippen molar-refractivity contribution in [3.63, 3.8) is 0 Å². The number of thiocarbonyl (C=S) groups is 1. The summed E-state index contributed by atoms with van der Waals surface area (Å²) in [5, 5.41) is 8.92. The highest BCUT2D eigenvalue weighted by Gasteiger charge is 2.42. The lowest BCUT2D eigenvalue weighted by atomic mass is 10.1. The zero-order valence-corrected chi connectivity index (χ0v) is 18.7. The molecule has 2 aliphatic heterocycles. The van der Waals surface area contributed by atoms with Gasteiger partial charge in [0.1, 0.15) is 0 Å². The molecule has 2 heterocycles. The van der Waals surface area contributed by atoms with Crippen molar-refractivity contribution >= 4 is 79.0 Å². The molecule has 30 heavy (non-hydrogen) atoms. The smallest absolute Gasteiger partial charge is 0.303 e. The molecule has 4 rings (SSSR count). The molecule has 0 bridgehead atoms. The number of benzene rings is 2. The molecule has 2 aromatic rings. The monoisotopic (exact) mass is 502 g/mol. The van der Waals surface area contributed by atoms with Crippen LogP contribution in [0.2, 0.25) is 0 Å². The van der Waals surface area contributed by atoms with Gasteiger partial charge < -0.3 is 10.0 Å². The van der Waals surface area contributed by atoms with Crippen LogP contribution in [0.5, 0.6) is 0 Å². The molecule has 2 amide bonds. The van der Waals surface area contributed by atoms with Crippen molar-refractivity contribution in [3.05, 3.63) is 63.5 Å². The number of carboxylic acid groups (broad SMARTS) is 1. The quantitative estimate of drug-likeness (QED) is 0.481. The number of carbonyl (C=O) groups excluding carboxylic acids is 2. The number of anilines is 2. The number of halogens is 1. The summed E-state index contributed by atoms with van der Waals surface area (Å²) in [5.41, 5.74) is 2.25. The van der Waals surface area contributed by atoms with Gasteiger partial charge in [0, 0.05) is 23.0 Å². The van der Waals surface area contributed by atoms with Crippen LogP contribution in [0, 0.1) is 0 Å². The van der Waals surface area contributed by atoms with Crippen molar-refractivity contribution < 1.29 is 19.5 Å². The van der Waals surface area contributed by atoms with E-state index in [2.05, 4.69) is 15.9 Å². The summed E-state index contributed by atoms with van der Waals surface area (Å²) < 4.78 is 1.14. The van der Waals surface area contributed by atoms with Crippen molar-refractivity contribution in [1.29, 1.82) is 0 Å². The van der Waals surface area contributed by atoms with E-state index in [1.165, 1.54) is 9.80 Å². The van der Waals surface area contributed by atoms with Crippen molar-refractivity contribution in [2.45, 2.75) is 12.8 Å². The van der Waals surface area contributed by atoms with Crippen LogP contribution in [0.25, 0.3) is 5.57 Å². The molecular formula is C21H15BrN2O4S2. The highest BCUT2D eigenvalue weighted by atomic mass is 79.9. The average Bonchev–Trinajstić information content (AvgIpc) is 3.14. The van der Waals surface area contributed by atoms with Crippen LogP contribution in [0.3, 0.4) is 0 Å². The van der Waals surface area contributed by atoms with Gasteiger partial charge in [-0.05, 0) is 36.8 Å². The first kappa shape index (κ1) is 20.8. The molecular weight excluding hydrogens is 488 g/mol. The summed E-state index contributed by atoms with van der Waals surface area (Å²) >= 11 is 9.98. The van der Waals surface area contributed by atoms with E-state index in [1.54, 1.807) is 24.3 Å². The summed E-state index contributed by atoms with van der Waals surface area (Å²) in [6, 6.07) is 14.5. The molecule has 2 aliphatic rings. The van der Waals surface area contributed by atoms with Gasteiger partial charge in [-0.1, -0.05) is 58.1 Å². The van der Waals surface area contributed by atoms with Gasteiger partial charge in [-0.15, -0.1) is 0 Å². The third-order valence-electron chi connectivity index (χ3n) is 4.76. The molecule has 2 aromatic carbocycles. The number of thioether (sulfide) groups is 1. The normalized spacial score (nSPS) is 18.4. The van der Waals surface area contributed by atoms with Gasteiger partial charge in [0.15, 0.2) is 4.32 Å². The van der Waals surface area contributed by atoms with E-state index in [0.717, 1.165) is 16.2 Å². The summed E-state index contributed by atoms with van der Waals surface area (Å²) in [6.45, 7) is 0.252. The Morgan fingerprint density at radius 3 is 2.53 bits per heavy atom. The van der Waals surface area contributed by atoms with E-state index in [0.29, 0.717) is 33.3 Å². The Bertz CT molecular complexity index is 1120. The Morgan fingerprint density at radius 1 is 1.10 bits per heavy atom. The lowest BCUT2D eigenvalue weighted by Gasteiger charge is -2.16. The predicted octanol–water partition coefficient (Wildman–Crippen LogP) is 4.44. The van der Waals surface area contributed by atoms with E-state index in [9.17, 15) is 14.4 Å². The van der Waals surface area contributed by atoms with Crippen LogP contribution in [-0.2, 0) is 14.4 Å². The molecule has 0 radical (unpaired) electrons. The number of amides is 2. The van der Waals surface area contributed by atoms with E-state index in [-0.39, 0.29) is 29.7 Å². The standard InChI is InChI=1S/C21H15BrN2O4S2/c22-12-8-9-15-14(11-12)17(19(27)23(15)10-4-7-16(25)26)18-20(28)24(21(29)30-18)13-5-2-1-3-6-13/h1-3,5-6,8-9,11H,4,7,10H2,(H,25,26)/b18-17+. The van der Waals surface area contributed by atoms with E-state index in [4.69, 9.17) is 17.3 Å². The fourth-order valence-electron chi connectivity index (χ4n) is 3.45. The summed E-state index contributed by atoms with van der Waals surface area (Å²) in [4.78, 5) is 40.7. The van der Waals surface area contributed by atoms with Gasteiger partial charge in [-0.25, -0.2) is 0 Å². The summed E-state index contributed by atoms with van der Waals surface area (Å²) in [7, 11) is 0. The molecule has 0 spiro atoms. The number of hydrogen-bond donors (Lipinski definition) is 1. The van der Waals surface area contributed by atoms with Crippen LogP contribution >= 0.6 is 39.9 Å². The summed E-state index contributed by atoms with van der Waals surface area (Å²) in [6.07, 6.45) is 0.274. The molecule has 1 saturated heterocycles. The third kappa shape index (κ3) is 3.68. The minimum absolute atomic E-state index is 0.0406. The van der Waals surface area contributed by atoms with Crippen molar-refractivity contribution in [2.24, 2.45) is 0 Å². The molecule has 0 saturated carbocycles. The maximum Gasteiger partial charge on any atom is 0.303 e. The number of carbonyl (C=O) groups is 3. The second-order valence-corrected chi connectivity index (χ2v) is 9.22. The van der Waals surface area contributed by atoms with Crippen molar-refractivity contribution in [1.82, 2.24) is 0 Å². The Morgan fingerprint density at radius 2 is 1.83 bits per heavy atom. The molecule has 0 atom stereocenters. The number of fused-ring (bicyclic) bond motifs is 1. The maximum atomic E-state index is 13.3. The maximum absolute atomic E-state index is 13.3. The first-order valence-corrected chi connectivity index (χ1v) is 11.1. The second kappa shape index (κ2) is 8.33. The van der Waals surface area contributed by atoms with Crippen LogP contribution < -0.4 is 9.80 Å². The highest BCUT2D eigenvalue weighted by molar-refractivity contribution is 9.10. The van der Waals surface area contributed by atoms with E-state index < -0.39 is 5.97 Å². The van der Waals surface area contributed by atoms with Crippen LogP contribution in [0.1, 0.15) is 18.4 Å². The number of nitrogens with zero attached hydrogens (tertiary/aromatic N) is 2. The van der Waals surface area contributed by atoms with Crippen molar-refractivity contribution in [3.8, 4) is 0 Å². The SMILES string of the molecule is O=C(O)CCCN1C(=O)/C(=C2/SC(=S)N(c3ccccc3)C2=O)c2cc(Br)ccc21. The first-order valence-electron chi connectivity index (χ1n) is 9.07. The third-order valence-corrected chi connectivity index (χ3v) is 6.63. The Balaban J connectivity index is 1.76. The van der Waals surface area contributed by atoms with Gasteiger partial charge in [0.2, 0.25) is 0 Å². The predicted molar refractivity (Wildman–Crippen MR) is 124 cm³/mol. The number of rotatable bonds is 5. The largest absolute Gasteiger partial charge is 0.481 e. The number of para-hydroxylation sites is 1. The number of carboxylic acids is 1. The molecule has 152 valence electrons. The molecule has 1 fully saturated rings. The van der Waals surface area contributed by atoms with Gasteiger partial charge in [-0.2, -0.15) is 0 Å². The highest BCUT2D eigenvalue weighted by Crippen LogP contribution is 2.46. The zero-order chi connectivity index (χ0) is 21.4. The van der Waals surface area contributed by atoms with E-state index >= 15 is 0 Å². The molecule has 6 nitrogen and oxygen atoms in total. The van der Waals surface area contributed by atoms with Gasteiger partial charge in [0.25, 0.3) is 11.8 Å². The summed E-state index contributed by atoms with van der Waals surface area (Å²) in [5.74, 6) is -1.57. The number of aliphatic carboxylic acids is 1. The Labute approximate surface area is 190 Å². The lowest BCUT2D eigenvalue weighted by Crippen LogP contribution is -2.30. The molecule has 0 unspecified atom stereocenters. The molecule has 9 heteroatoms. The first-order chi connectivity index (χ1) is 14.4.